The quantitative estimate of drug-likeness (QED) is 0.572. The number of hydrogen-bond acceptors (Lipinski definition) is 0. The van der Waals surface area contributed by atoms with Crippen LogP contribution in [0.3, 0.4) is 0 Å². The van der Waals surface area contributed by atoms with Crippen LogP contribution < -0.4 is 0 Å². The van der Waals surface area contributed by atoms with Gasteiger partial charge >= 0.3 is 0 Å². The van der Waals surface area contributed by atoms with Crippen LogP contribution in [0.1, 0.15) is 29.2 Å². The van der Waals surface area contributed by atoms with Crippen molar-refractivity contribution < 1.29 is 0 Å². The highest BCUT2D eigenvalue weighted by atomic mass is 14.0. The molecule has 0 unspecified atom stereocenters. The number of benzene rings is 1. The highest BCUT2D eigenvalue weighted by Crippen LogP contribution is 2.17. The second-order valence-electron chi connectivity index (χ2n) is 3.10. The smallest absolute Gasteiger partial charge is 0.0119 e. The lowest BCUT2D eigenvalue weighted by Crippen LogP contribution is -1.90. The first-order valence-corrected chi connectivity index (χ1v) is 4.02. The number of rotatable bonds is 1. The molecule has 0 N–H and O–H groups in total. The Bertz CT molecular complexity index is 236. The molecule has 0 aliphatic carbocycles. The van der Waals surface area contributed by atoms with Gasteiger partial charge in [0.2, 0.25) is 0 Å². The summed E-state index contributed by atoms with van der Waals surface area (Å²) in [6.45, 7) is 8.55. The maximum atomic E-state index is 2.22. The molecule has 0 amide bonds. The summed E-state index contributed by atoms with van der Waals surface area (Å²) < 4.78 is 0. The van der Waals surface area contributed by atoms with Gasteiger partial charge in [-0.25, -0.2) is 0 Å². The fourth-order valence-corrected chi connectivity index (χ4v) is 1.65. The minimum absolute atomic E-state index is 1.35. The van der Waals surface area contributed by atoms with Crippen LogP contribution in [0.2, 0.25) is 0 Å². The van der Waals surface area contributed by atoms with E-state index < -0.39 is 0 Å². The van der Waals surface area contributed by atoms with Crippen molar-refractivity contribution in [2.45, 2.75) is 27.7 Å². The summed E-state index contributed by atoms with van der Waals surface area (Å²) in [4.78, 5) is 0. The van der Waals surface area contributed by atoms with Gasteiger partial charge in [0.05, 0.1) is 0 Å². The first kappa shape index (κ1) is 8.32. The molecule has 11 heavy (non-hydrogen) atoms. The summed E-state index contributed by atoms with van der Waals surface area (Å²) in [6.07, 6.45) is 2.17. The molecule has 0 nitrogen and oxygen atoms in total. The average molecular weight is 147 g/mol. The van der Waals surface area contributed by atoms with Crippen molar-refractivity contribution in [3.8, 4) is 0 Å². The SMILES string of the molecule is C[CH]c1c(C)cc(C)cc1C. The van der Waals surface area contributed by atoms with Gasteiger partial charge in [-0.05, 0) is 43.9 Å². The summed E-state index contributed by atoms with van der Waals surface area (Å²) in [5, 5.41) is 0. The van der Waals surface area contributed by atoms with E-state index in [1.807, 2.05) is 0 Å². The van der Waals surface area contributed by atoms with E-state index in [9.17, 15) is 0 Å². The van der Waals surface area contributed by atoms with Crippen LogP contribution in [-0.4, -0.2) is 0 Å². The molecule has 1 rings (SSSR count). The molecule has 0 heteroatoms. The van der Waals surface area contributed by atoms with E-state index >= 15 is 0 Å². The molecule has 0 atom stereocenters. The van der Waals surface area contributed by atoms with Crippen molar-refractivity contribution in [3.63, 3.8) is 0 Å². The molecule has 0 heterocycles. The molecule has 0 aliphatic rings. The van der Waals surface area contributed by atoms with Gasteiger partial charge in [-0.1, -0.05) is 24.6 Å². The summed E-state index contributed by atoms with van der Waals surface area (Å²) in [5.41, 5.74) is 5.50. The largest absolute Gasteiger partial charge is 0.0578 e. The standard InChI is InChI=1S/C11H15/c1-5-11-9(3)6-8(2)7-10(11)4/h5-7H,1-4H3. The normalized spacial score (nSPS) is 10.2. The zero-order valence-electron chi connectivity index (χ0n) is 7.73. The predicted octanol–water partition coefficient (Wildman–Crippen LogP) is 3.18. The van der Waals surface area contributed by atoms with E-state index in [1.165, 1.54) is 22.3 Å². The molecule has 1 radical (unpaired) electrons. The van der Waals surface area contributed by atoms with E-state index in [0.29, 0.717) is 0 Å². The van der Waals surface area contributed by atoms with Gasteiger partial charge in [-0.15, -0.1) is 0 Å². The molecule has 1 aromatic carbocycles. The zero-order valence-corrected chi connectivity index (χ0v) is 7.73. The summed E-state index contributed by atoms with van der Waals surface area (Å²) in [6, 6.07) is 4.45. The lowest BCUT2D eigenvalue weighted by atomic mass is 9.98. The molecular formula is C11H15. The number of aryl methyl sites for hydroxylation is 3. The van der Waals surface area contributed by atoms with Crippen molar-refractivity contribution in [3.05, 3.63) is 40.8 Å². The van der Waals surface area contributed by atoms with Crippen LogP contribution in [0.5, 0.6) is 0 Å². The topological polar surface area (TPSA) is 0 Å². The molecule has 1 aromatic rings. The predicted molar refractivity (Wildman–Crippen MR) is 49.7 cm³/mol. The van der Waals surface area contributed by atoms with Crippen LogP contribution in [0.15, 0.2) is 12.1 Å². The Morgan fingerprint density at radius 1 is 1.00 bits per heavy atom. The summed E-state index contributed by atoms with van der Waals surface area (Å²) in [7, 11) is 0. The maximum Gasteiger partial charge on any atom is -0.0119 e. The van der Waals surface area contributed by atoms with Crippen molar-refractivity contribution in [2.24, 2.45) is 0 Å². The third-order valence-corrected chi connectivity index (χ3v) is 2.03. The van der Waals surface area contributed by atoms with Crippen molar-refractivity contribution in [1.82, 2.24) is 0 Å². The van der Waals surface area contributed by atoms with E-state index in [-0.39, 0.29) is 0 Å². The van der Waals surface area contributed by atoms with Crippen LogP contribution in [-0.2, 0) is 0 Å². The molecule has 0 fully saturated rings. The summed E-state index contributed by atoms with van der Waals surface area (Å²) >= 11 is 0. The van der Waals surface area contributed by atoms with Crippen LogP contribution in [0, 0.1) is 27.2 Å². The Morgan fingerprint density at radius 2 is 1.45 bits per heavy atom. The molecule has 0 aliphatic heterocycles. The summed E-state index contributed by atoms with van der Waals surface area (Å²) in [5.74, 6) is 0. The van der Waals surface area contributed by atoms with Gasteiger partial charge < -0.3 is 0 Å². The zero-order chi connectivity index (χ0) is 8.43. The molecule has 0 aromatic heterocycles. The minimum Gasteiger partial charge on any atom is -0.0578 e. The van der Waals surface area contributed by atoms with Gasteiger partial charge in [0.1, 0.15) is 0 Å². The third kappa shape index (κ3) is 1.62. The van der Waals surface area contributed by atoms with E-state index in [0.717, 1.165) is 0 Å². The average Bonchev–Trinajstić information content (AvgIpc) is 1.85. The van der Waals surface area contributed by atoms with Crippen LogP contribution >= 0.6 is 0 Å². The van der Waals surface area contributed by atoms with Crippen molar-refractivity contribution in [1.29, 1.82) is 0 Å². The van der Waals surface area contributed by atoms with Gasteiger partial charge in [-0.2, -0.15) is 0 Å². The molecular weight excluding hydrogens is 132 g/mol. The Balaban J connectivity index is 3.25. The molecule has 0 spiro atoms. The lowest BCUT2D eigenvalue weighted by Gasteiger charge is -2.07. The lowest BCUT2D eigenvalue weighted by molar-refractivity contribution is 1.23. The third-order valence-electron chi connectivity index (χ3n) is 2.03. The molecule has 59 valence electrons. The molecule has 0 bridgehead atoms. The van der Waals surface area contributed by atoms with Crippen molar-refractivity contribution >= 4 is 0 Å². The van der Waals surface area contributed by atoms with Crippen molar-refractivity contribution in [2.75, 3.05) is 0 Å². The van der Waals surface area contributed by atoms with Gasteiger partial charge in [0, 0.05) is 0 Å². The highest BCUT2D eigenvalue weighted by molar-refractivity contribution is 5.41. The highest BCUT2D eigenvalue weighted by Gasteiger charge is 1.99. The minimum atomic E-state index is 1.35. The second kappa shape index (κ2) is 3.08. The van der Waals surface area contributed by atoms with Gasteiger partial charge in [0.15, 0.2) is 0 Å². The van der Waals surface area contributed by atoms with Crippen LogP contribution in [0.25, 0.3) is 0 Å². The first-order valence-electron chi connectivity index (χ1n) is 4.02. The Labute approximate surface area is 69.3 Å². The Kier molecular flexibility index (Phi) is 2.33. The van der Waals surface area contributed by atoms with E-state index in [2.05, 4.69) is 46.2 Å². The van der Waals surface area contributed by atoms with Gasteiger partial charge in [0.25, 0.3) is 0 Å². The Morgan fingerprint density at radius 3 is 1.82 bits per heavy atom. The fraction of sp³-hybridized carbons (Fsp3) is 0.364. The van der Waals surface area contributed by atoms with E-state index in [1.54, 1.807) is 0 Å². The maximum absolute atomic E-state index is 2.22. The Hall–Kier alpha value is -0.780. The first-order chi connectivity index (χ1) is 5.15. The van der Waals surface area contributed by atoms with E-state index in [4.69, 9.17) is 0 Å². The van der Waals surface area contributed by atoms with Crippen LogP contribution in [0.4, 0.5) is 0 Å². The number of hydrogen-bond donors (Lipinski definition) is 0. The fourth-order valence-electron chi connectivity index (χ4n) is 1.65. The molecule has 0 saturated carbocycles. The van der Waals surface area contributed by atoms with Gasteiger partial charge in [-0.3, -0.25) is 0 Å². The monoisotopic (exact) mass is 147 g/mol. The molecule has 0 saturated heterocycles. The second-order valence-corrected chi connectivity index (χ2v) is 3.10.